The largest absolute Gasteiger partial charge is 0.373 e. The second-order valence-electron chi connectivity index (χ2n) is 3.73. The van der Waals surface area contributed by atoms with Gasteiger partial charge in [-0.05, 0) is 25.2 Å². The highest BCUT2D eigenvalue weighted by Gasteiger charge is 2.44. The van der Waals surface area contributed by atoms with Crippen molar-refractivity contribution in [3.05, 3.63) is 12.2 Å². The molecule has 3 aliphatic carbocycles. The van der Waals surface area contributed by atoms with E-state index < -0.39 is 0 Å². The Labute approximate surface area is 72.8 Å². The van der Waals surface area contributed by atoms with E-state index in [-0.39, 0.29) is 11.5 Å². The van der Waals surface area contributed by atoms with Crippen LogP contribution in [-0.2, 0) is 4.74 Å². The first-order chi connectivity index (χ1) is 5.80. The van der Waals surface area contributed by atoms with Gasteiger partial charge in [-0.15, -0.1) is 0 Å². The highest BCUT2D eigenvalue weighted by Crippen LogP contribution is 2.44. The predicted molar refractivity (Wildman–Crippen MR) is 45.3 cm³/mol. The molecule has 0 unspecified atom stereocenters. The molecule has 2 heteroatoms. The summed E-state index contributed by atoms with van der Waals surface area (Å²) in [4.78, 5) is 0. The fourth-order valence-corrected chi connectivity index (χ4v) is 2.35. The molecular weight excluding hydrogens is 150 g/mol. The molecule has 3 atom stereocenters. The van der Waals surface area contributed by atoms with Crippen LogP contribution in [0.4, 0.5) is 0 Å². The average molecular weight is 163 g/mol. The van der Waals surface area contributed by atoms with Crippen LogP contribution < -0.4 is 0 Å². The van der Waals surface area contributed by atoms with Crippen LogP contribution in [0.5, 0.6) is 0 Å². The van der Waals surface area contributed by atoms with Crippen molar-refractivity contribution in [3.63, 3.8) is 0 Å². The molecule has 0 aromatic heterocycles. The van der Waals surface area contributed by atoms with Crippen LogP contribution >= 0.6 is 0 Å². The van der Waals surface area contributed by atoms with Crippen molar-refractivity contribution in [2.24, 2.45) is 11.8 Å². The summed E-state index contributed by atoms with van der Waals surface area (Å²) >= 11 is 0. The van der Waals surface area contributed by atoms with Gasteiger partial charge in [-0.25, -0.2) is 0 Å². The molecule has 3 rings (SSSR count). The molecule has 0 N–H and O–H groups in total. The monoisotopic (exact) mass is 163 g/mol. The van der Waals surface area contributed by atoms with Gasteiger partial charge in [0.15, 0.2) is 0 Å². The Morgan fingerprint density at radius 1 is 1.67 bits per heavy atom. The summed E-state index contributed by atoms with van der Waals surface area (Å²) in [5.74, 6) is 0.706. The number of nitriles is 1. The molecule has 12 heavy (non-hydrogen) atoms. The van der Waals surface area contributed by atoms with Crippen LogP contribution in [0.25, 0.3) is 0 Å². The first-order valence-corrected chi connectivity index (χ1v) is 4.45. The Kier molecular flexibility index (Phi) is 1.69. The van der Waals surface area contributed by atoms with Crippen molar-refractivity contribution in [1.82, 2.24) is 0 Å². The lowest BCUT2D eigenvalue weighted by Crippen LogP contribution is -2.45. The van der Waals surface area contributed by atoms with E-state index >= 15 is 0 Å². The summed E-state index contributed by atoms with van der Waals surface area (Å²) in [6.45, 7) is 0. The number of rotatable bonds is 1. The van der Waals surface area contributed by atoms with Gasteiger partial charge in [-0.2, -0.15) is 5.26 Å². The molecule has 0 spiro atoms. The third-order valence-corrected chi connectivity index (χ3v) is 3.22. The zero-order valence-corrected chi connectivity index (χ0v) is 7.29. The van der Waals surface area contributed by atoms with E-state index in [4.69, 9.17) is 10.00 Å². The van der Waals surface area contributed by atoms with Crippen LogP contribution in [0, 0.1) is 23.2 Å². The third-order valence-electron chi connectivity index (χ3n) is 3.22. The smallest absolute Gasteiger partial charge is 0.102 e. The van der Waals surface area contributed by atoms with Gasteiger partial charge in [-0.3, -0.25) is 0 Å². The zero-order valence-electron chi connectivity index (χ0n) is 7.29. The predicted octanol–water partition coefficient (Wildman–Crippen LogP) is 1.88. The lowest BCUT2D eigenvalue weighted by molar-refractivity contribution is -0.0419. The summed E-state index contributed by atoms with van der Waals surface area (Å²) in [6.07, 6.45) is 7.49. The number of fused-ring (bicyclic) bond motifs is 2. The molecular formula is C10H13NO. The quantitative estimate of drug-likeness (QED) is 0.553. The summed E-state index contributed by atoms with van der Waals surface area (Å²) in [5, 5.41) is 8.95. The number of hydrogen-bond donors (Lipinski definition) is 0. The Balaban J connectivity index is 2.33. The SMILES string of the molecule is CO[C@]12C=C[C@H](CC1)C[C@@H]2C#N. The molecule has 1 fully saturated rings. The Hall–Kier alpha value is -0.810. The lowest BCUT2D eigenvalue weighted by atomic mass is 9.66. The fourth-order valence-electron chi connectivity index (χ4n) is 2.35. The van der Waals surface area contributed by atoms with Crippen molar-refractivity contribution in [3.8, 4) is 6.07 Å². The van der Waals surface area contributed by atoms with Gasteiger partial charge in [0.25, 0.3) is 0 Å². The zero-order chi connectivity index (χ0) is 8.60. The van der Waals surface area contributed by atoms with E-state index in [0.717, 1.165) is 12.8 Å². The minimum Gasteiger partial charge on any atom is -0.373 e. The van der Waals surface area contributed by atoms with E-state index in [9.17, 15) is 0 Å². The van der Waals surface area contributed by atoms with Crippen molar-refractivity contribution >= 4 is 0 Å². The van der Waals surface area contributed by atoms with Gasteiger partial charge in [0, 0.05) is 7.11 Å². The van der Waals surface area contributed by atoms with Crippen molar-refractivity contribution < 1.29 is 4.74 Å². The summed E-state index contributed by atoms with van der Waals surface area (Å²) in [7, 11) is 1.71. The average Bonchev–Trinajstić information content (AvgIpc) is 2.19. The Morgan fingerprint density at radius 3 is 2.92 bits per heavy atom. The van der Waals surface area contributed by atoms with Crippen LogP contribution in [-0.4, -0.2) is 12.7 Å². The minimum atomic E-state index is -0.247. The van der Waals surface area contributed by atoms with E-state index in [1.807, 2.05) is 0 Å². The third kappa shape index (κ3) is 0.899. The molecule has 0 aromatic rings. The van der Waals surface area contributed by atoms with Crippen molar-refractivity contribution in [1.29, 1.82) is 5.26 Å². The second kappa shape index (κ2) is 2.60. The van der Waals surface area contributed by atoms with Gasteiger partial charge in [0.1, 0.15) is 5.60 Å². The topological polar surface area (TPSA) is 33.0 Å². The van der Waals surface area contributed by atoms with Gasteiger partial charge >= 0.3 is 0 Å². The number of nitrogens with zero attached hydrogens (tertiary/aromatic N) is 1. The van der Waals surface area contributed by atoms with Crippen LogP contribution in [0.3, 0.4) is 0 Å². The van der Waals surface area contributed by atoms with Gasteiger partial charge in [0.2, 0.25) is 0 Å². The molecule has 0 aliphatic heterocycles. The lowest BCUT2D eigenvalue weighted by Gasteiger charge is -2.44. The van der Waals surface area contributed by atoms with E-state index in [0.29, 0.717) is 5.92 Å². The Bertz CT molecular complexity index is 253. The first-order valence-electron chi connectivity index (χ1n) is 4.45. The fraction of sp³-hybridized carbons (Fsp3) is 0.700. The molecule has 0 heterocycles. The maximum atomic E-state index is 8.95. The van der Waals surface area contributed by atoms with Crippen molar-refractivity contribution in [2.75, 3.05) is 7.11 Å². The molecule has 3 aliphatic rings. The molecule has 2 nitrogen and oxygen atoms in total. The molecule has 0 aromatic carbocycles. The molecule has 1 saturated carbocycles. The first kappa shape index (κ1) is 7.82. The maximum absolute atomic E-state index is 8.95. The molecule has 2 bridgehead atoms. The Morgan fingerprint density at radius 2 is 2.50 bits per heavy atom. The molecule has 0 saturated heterocycles. The summed E-state index contributed by atoms with van der Waals surface area (Å²) in [6, 6.07) is 2.35. The normalized spacial score (nSPS) is 44.3. The number of allylic oxidation sites excluding steroid dienone is 1. The maximum Gasteiger partial charge on any atom is 0.102 e. The van der Waals surface area contributed by atoms with Crippen LogP contribution in [0.1, 0.15) is 19.3 Å². The van der Waals surface area contributed by atoms with E-state index in [1.54, 1.807) is 7.11 Å². The van der Waals surface area contributed by atoms with Gasteiger partial charge in [-0.1, -0.05) is 12.2 Å². The van der Waals surface area contributed by atoms with E-state index in [1.165, 1.54) is 6.42 Å². The van der Waals surface area contributed by atoms with Gasteiger partial charge < -0.3 is 4.74 Å². The number of methoxy groups -OCH3 is 1. The summed E-state index contributed by atoms with van der Waals surface area (Å²) in [5.41, 5.74) is -0.247. The highest BCUT2D eigenvalue weighted by molar-refractivity contribution is 5.21. The highest BCUT2D eigenvalue weighted by atomic mass is 16.5. The molecule has 0 radical (unpaired) electrons. The standard InChI is InChI=1S/C10H13NO/c1-12-10-4-2-8(3-5-10)6-9(10)7-11/h2,4,8-9H,3,5-6H2,1H3/t8-,9-,10-/m1/s1. The molecule has 64 valence electrons. The minimum absolute atomic E-state index is 0.0752. The van der Waals surface area contributed by atoms with Crippen LogP contribution in [0.2, 0.25) is 0 Å². The van der Waals surface area contributed by atoms with E-state index in [2.05, 4.69) is 18.2 Å². The molecule has 0 amide bonds. The summed E-state index contributed by atoms with van der Waals surface area (Å²) < 4.78 is 5.46. The van der Waals surface area contributed by atoms with Crippen molar-refractivity contribution in [2.45, 2.75) is 24.9 Å². The van der Waals surface area contributed by atoms with Crippen LogP contribution in [0.15, 0.2) is 12.2 Å². The number of hydrogen-bond acceptors (Lipinski definition) is 2. The van der Waals surface area contributed by atoms with Gasteiger partial charge in [0.05, 0.1) is 12.0 Å². The number of ether oxygens (including phenoxy) is 1. The second-order valence-corrected chi connectivity index (χ2v) is 3.73.